The number of rotatable bonds is 6. The maximum Gasteiger partial charge on any atom is 0.338 e. The van der Waals surface area contributed by atoms with Gasteiger partial charge in [0.1, 0.15) is 10.3 Å². The SMILES string of the molecule is CCOC(=O)C1=C(C)N=c2s/c(=C3\C(=O)N(Cc4ccccc4Cl)c4ccccc43)c(=O)n2[C@@H]1c1ccc(OC)cc1. The number of esters is 1. The molecule has 2 aliphatic heterocycles. The first-order valence-corrected chi connectivity index (χ1v) is 14.5. The van der Waals surface area contributed by atoms with Crippen LogP contribution in [0.25, 0.3) is 5.57 Å². The van der Waals surface area contributed by atoms with Crippen molar-refractivity contribution in [3.8, 4) is 5.75 Å². The van der Waals surface area contributed by atoms with E-state index in [4.69, 9.17) is 21.1 Å². The van der Waals surface area contributed by atoms with Crippen molar-refractivity contribution in [2.24, 2.45) is 4.99 Å². The predicted molar refractivity (Wildman–Crippen MR) is 161 cm³/mol. The Bertz CT molecular complexity index is 1960. The number of anilines is 1. The van der Waals surface area contributed by atoms with E-state index in [-0.39, 0.29) is 29.2 Å². The first kappa shape index (κ1) is 27.7. The molecule has 0 bridgehead atoms. The Kier molecular flexibility index (Phi) is 7.30. The molecule has 0 spiro atoms. The van der Waals surface area contributed by atoms with Crippen LogP contribution in [0.5, 0.6) is 5.75 Å². The molecule has 3 aromatic carbocycles. The van der Waals surface area contributed by atoms with E-state index in [0.29, 0.717) is 43.7 Å². The number of hydrogen-bond donors (Lipinski definition) is 0. The number of halogens is 1. The topological polar surface area (TPSA) is 90.2 Å². The van der Waals surface area contributed by atoms with Crippen LogP contribution in [0, 0.1) is 0 Å². The minimum Gasteiger partial charge on any atom is -0.497 e. The molecule has 3 heterocycles. The highest BCUT2D eigenvalue weighted by molar-refractivity contribution is 7.07. The largest absolute Gasteiger partial charge is 0.497 e. The molecule has 212 valence electrons. The first-order valence-electron chi connectivity index (χ1n) is 13.3. The molecule has 0 radical (unpaired) electrons. The van der Waals surface area contributed by atoms with Gasteiger partial charge >= 0.3 is 5.97 Å². The minimum atomic E-state index is -0.800. The minimum absolute atomic E-state index is 0.173. The van der Waals surface area contributed by atoms with Crippen LogP contribution >= 0.6 is 22.9 Å². The van der Waals surface area contributed by atoms with Gasteiger partial charge in [0.2, 0.25) is 0 Å². The number of benzene rings is 3. The summed E-state index contributed by atoms with van der Waals surface area (Å²) in [6.07, 6.45) is 0. The van der Waals surface area contributed by atoms with Gasteiger partial charge in [-0.1, -0.05) is 71.5 Å². The van der Waals surface area contributed by atoms with E-state index in [1.807, 2.05) is 54.6 Å². The third-order valence-corrected chi connectivity index (χ3v) is 8.78. The van der Waals surface area contributed by atoms with Crippen LogP contribution in [0.2, 0.25) is 5.02 Å². The summed E-state index contributed by atoms with van der Waals surface area (Å²) in [5, 5.41) is 0.553. The zero-order valence-electron chi connectivity index (χ0n) is 23.1. The molecule has 8 nitrogen and oxygen atoms in total. The van der Waals surface area contributed by atoms with E-state index in [0.717, 1.165) is 16.9 Å². The Labute approximate surface area is 250 Å². The van der Waals surface area contributed by atoms with Gasteiger partial charge in [0.05, 0.1) is 48.8 Å². The monoisotopic (exact) mass is 599 g/mol. The highest BCUT2D eigenvalue weighted by atomic mass is 35.5. The van der Waals surface area contributed by atoms with Crippen LogP contribution < -0.4 is 24.5 Å². The number of para-hydroxylation sites is 1. The zero-order chi connectivity index (χ0) is 29.5. The van der Waals surface area contributed by atoms with Crippen molar-refractivity contribution in [1.29, 1.82) is 0 Å². The van der Waals surface area contributed by atoms with E-state index in [1.165, 1.54) is 4.57 Å². The number of thiazole rings is 1. The van der Waals surface area contributed by atoms with E-state index in [9.17, 15) is 14.4 Å². The number of fused-ring (bicyclic) bond motifs is 2. The van der Waals surface area contributed by atoms with Crippen molar-refractivity contribution < 1.29 is 19.1 Å². The Morgan fingerprint density at radius 2 is 1.74 bits per heavy atom. The summed E-state index contributed by atoms with van der Waals surface area (Å²) in [6.45, 7) is 3.87. The second-order valence-electron chi connectivity index (χ2n) is 9.77. The lowest BCUT2D eigenvalue weighted by Crippen LogP contribution is -2.41. The van der Waals surface area contributed by atoms with Crippen LogP contribution in [0.15, 0.2) is 93.9 Å². The average Bonchev–Trinajstić information content (AvgIpc) is 3.45. The summed E-state index contributed by atoms with van der Waals surface area (Å²) >= 11 is 7.57. The number of methoxy groups -OCH3 is 1. The van der Waals surface area contributed by atoms with Crippen molar-refractivity contribution in [3.05, 3.63) is 125 Å². The third-order valence-electron chi connectivity index (χ3n) is 7.36. The normalized spacial score (nSPS) is 17.1. The van der Waals surface area contributed by atoms with Crippen LogP contribution in [0.3, 0.4) is 0 Å². The number of carbonyl (C=O) groups is 2. The van der Waals surface area contributed by atoms with Gasteiger partial charge in [-0.2, -0.15) is 0 Å². The van der Waals surface area contributed by atoms with Gasteiger partial charge in [-0.05, 0) is 49.2 Å². The van der Waals surface area contributed by atoms with Gasteiger partial charge in [0.15, 0.2) is 4.80 Å². The average molecular weight is 600 g/mol. The number of nitrogens with zero attached hydrogens (tertiary/aromatic N) is 3. The molecule has 0 saturated carbocycles. The van der Waals surface area contributed by atoms with Crippen LogP contribution in [-0.4, -0.2) is 30.2 Å². The molecule has 1 aromatic heterocycles. The fraction of sp³-hybridized carbons (Fsp3) is 0.188. The van der Waals surface area contributed by atoms with Crippen molar-refractivity contribution >= 4 is 46.1 Å². The number of aromatic nitrogens is 1. The molecule has 4 aromatic rings. The lowest BCUT2D eigenvalue weighted by Gasteiger charge is -2.24. The van der Waals surface area contributed by atoms with E-state index < -0.39 is 17.6 Å². The fourth-order valence-corrected chi connectivity index (χ4v) is 6.73. The summed E-state index contributed by atoms with van der Waals surface area (Å²) in [7, 11) is 1.57. The summed E-state index contributed by atoms with van der Waals surface area (Å²) in [4.78, 5) is 48.3. The molecule has 1 amide bonds. The number of carbonyl (C=O) groups excluding carboxylic acids is 2. The molecule has 10 heteroatoms. The molecular weight excluding hydrogens is 574 g/mol. The maximum atomic E-state index is 14.3. The van der Waals surface area contributed by atoms with Crippen LogP contribution in [-0.2, 0) is 20.9 Å². The Balaban J connectivity index is 1.57. The molecule has 0 fully saturated rings. The molecule has 1 atom stereocenters. The molecule has 42 heavy (non-hydrogen) atoms. The van der Waals surface area contributed by atoms with E-state index >= 15 is 0 Å². The van der Waals surface area contributed by atoms with E-state index in [1.54, 1.807) is 44.1 Å². The van der Waals surface area contributed by atoms with Crippen LogP contribution in [0.1, 0.15) is 36.6 Å². The molecule has 0 unspecified atom stereocenters. The lowest BCUT2D eigenvalue weighted by molar-refractivity contribution is -0.139. The Morgan fingerprint density at radius 3 is 2.45 bits per heavy atom. The highest BCUT2D eigenvalue weighted by Crippen LogP contribution is 2.37. The molecule has 6 rings (SSSR count). The second kappa shape index (κ2) is 11.1. The first-order chi connectivity index (χ1) is 20.3. The molecule has 0 saturated heterocycles. The standard InChI is InChI=1S/C32H26ClN3O5S/c1-4-41-31(39)25-18(2)34-32-36(27(25)19-13-15-21(40-3)16-14-19)30(38)28(42-32)26-22-10-6-8-12-24(22)35(29(26)37)17-20-9-5-7-11-23(20)33/h5-16,27H,4,17H2,1-3H3/b28-26-/t27-/m1/s1. The van der Waals surface area contributed by atoms with Crippen molar-refractivity contribution in [2.45, 2.75) is 26.4 Å². The van der Waals surface area contributed by atoms with Gasteiger partial charge in [-0.15, -0.1) is 0 Å². The van der Waals surface area contributed by atoms with Crippen molar-refractivity contribution in [1.82, 2.24) is 4.57 Å². The van der Waals surface area contributed by atoms with Gasteiger partial charge in [-0.25, -0.2) is 9.79 Å². The van der Waals surface area contributed by atoms with Gasteiger partial charge in [0.25, 0.3) is 11.5 Å². The molecule has 0 N–H and O–H groups in total. The Hall–Kier alpha value is -4.47. The van der Waals surface area contributed by atoms with Crippen LogP contribution in [0.4, 0.5) is 5.69 Å². The summed E-state index contributed by atoms with van der Waals surface area (Å²) in [5.41, 5.74) is 3.43. The molecule has 0 aliphatic carbocycles. The number of amides is 1. The lowest BCUT2D eigenvalue weighted by atomic mass is 9.96. The summed E-state index contributed by atoms with van der Waals surface area (Å²) < 4.78 is 12.4. The zero-order valence-corrected chi connectivity index (χ0v) is 24.7. The molecule has 2 aliphatic rings. The predicted octanol–water partition coefficient (Wildman–Crippen LogP) is 4.38. The number of allylic oxidation sites excluding steroid dienone is 1. The summed E-state index contributed by atoms with van der Waals surface area (Å²) in [6, 6.07) is 21.1. The van der Waals surface area contributed by atoms with E-state index in [2.05, 4.69) is 4.99 Å². The maximum absolute atomic E-state index is 14.3. The Morgan fingerprint density at radius 1 is 1.02 bits per heavy atom. The van der Waals surface area contributed by atoms with Gasteiger partial charge in [-0.3, -0.25) is 14.2 Å². The van der Waals surface area contributed by atoms with Crippen molar-refractivity contribution in [3.63, 3.8) is 0 Å². The number of hydrogen-bond acceptors (Lipinski definition) is 7. The molecular formula is C32H26ClN3O5S. The number of ether oxygens (including phenoxy) is 2. The smallest absolute Gasteiger partial charge is 0.338 e. The van der Waals surface area contributed by atoms with Gasteiger partial charge < -0.3 is 14.4 Å². The fourth-order valence-electron chi connectivity index (χ4n) is 5.40. The quantitative estimate of drug-likeness (QED) is 0.307. The second-order valence-corrected chi connectivity index (χ2v) is 11.2. The van der Waals surface area contributed by atoms with Crippen molar-refractivity contribution in [2.75, 3.05) is 18.6 Å². The van der Waals surface area contributed by atoms with Gasteiger partial charge in [0, 0.05) is 10.6 Å². The third kappa shape index (κ3) is 4.55. The summed E-state index contributed by atoms with van der Waals surface area (Å²) in [5.74, 6) is -0.215. The highest BCUT2D eigenvalue weighted by Gasteiger charge is 2.37.